The molecule has 10 atom stereocenters. The monoisotopic (exact) mass is 545 g/mol. The van der Waals surface area contributed by atoms with Gasteiger partial charge in [0.15, 0.2) is 0 Å². The quantitative estimate of drug-likeness (QED) is 0.111. The van der Waals surface area contributed by atoms with Gasteiger partial charge in [0, 0.05) is 5.92 Å². The van der Waals surface area contributed by atoms with Crippen LogP contribution in [0.15, 0.2) is 11.6 Å². The van der Waals surface area contributed by atoms with Gasteiger partial charge in [-0.2, -0.15) is 0 Å². The van der Waals surface area contributed by atoms with Crippen LogP contribution in [-0.4, -0.2) is 39.7 Å². The normalized spacial score (nSPS) is 39.1. The van der Waals surface area contributed by atoms with Crippen LogP contribution < -0.4 is 5.32 Å². The summed E-state index contributed by atoms with van der Waals surface area (Å²) in [4.78, 5) is 12.0. The van der Waals surface area contributed by atoms with Crippen LogP contribution in [-0.2, 0) is 4.79 Å². The highest BCUT2D eigenvalue weighted by atomic mass is 16.4. The molecule has 0 aromatic carbocycles. The third-order valence-electron chi connectivity index (χ3n) is 12.6. The molecule has 0 aromatic rings. The van der Waals surface area contributed by atoms with Crippen molar-refractivity contribution >= 4 is 5.97 Å². The van der Waals surface area contributed by atoms with Crippen LogP contribution in [0.3, 0.4) is 0 Å². The van der Waals surface area contributed by atoms with E-state index in [9.17, 15) is 20.1 Å². The van der Waals surface area contributed by atoms with E-state index in [0.29, 0.717) is 23.3 Å². The van der Waals surface area contributed by atoms with Gasteiger partial charge in [0.2, 0.25) is 5.72 Å². The zero-order valence-electron chi connectivity index (χ0n) is 25.7. The lowest BCUT2D eigenvalue weighted by molar-refractivity contribution is -0.169. The van der Waals surface area contributed by atoms with Crippen molar-refractivity contribution in [1.29, 1.82) is 0 Å². The smallest absolute Gasteiger partial charge is 0.351 e. The molecule has 0 aliphatic heterocycles. The van der Waals surface area contributed by atoms with Crippen molar-refractivity contribution in [2.45, 2.75) is 143 Å². The zero-order valence-corrected chi connectivity index (χ0v) is 25.7. The van der Waals surface area contributed by atoms with Crippen LogP contribution >= 0.6 is 0 Å². The first-order chi connectivity index (χ1) is 18.5. The van der Waals surface area contributed by atoms with Gasteiger partial charge in [0.25, 0.3) is 0 Å². The summed E-state index contributed by atoms with van der Waals surface area (Å²) in [5.41, 5.74) is 0.426. The summed E-state index contributed by atoms with van der Waals surface area (Å²) in [6.45, 7) is 12.1. The molecule has 0 heterocycles. The summed E-state index contributed by atoms with van der Waals surface area (Å²) in [7, 11) is 0. The second kappa shape index (κ2) is 12.5. The molecule has 0 radical (unpaired) electrons. The van der Waals surface area contributed by atoms with Crippen molar-refractivity contribution in [3.63, 3.8) is 0 Å². The third-order valence-corrected chi connectivity index (χ3v) is 12.6. The summed E-state index contributed by atoms with van der Waals surface area (Å²) < 4.78 is 0. The van der Waals surface area contributed by atoms with E-state index in [1.807, 2.05) is 6.92 Å². The molecular formula is C34H59NO4. The number of rotatable bonds is 13. The molecule has 224 valence electrons. The van der Waals surface area contributed by atoms with Gasteiger partial charge in [0.05, 0.1) is 6.10 Å². The van der Waals surface area contributed by atoms with Gasteiger partial charge in [0.1, 0.15) is 0 Å². The Bertz CT molecular complexity index is 873. The Morgan fingerprint density at radius 3 is 2.54 bits per heavy atom. The predicted molar refractivity (Wildman–Crippen MR) is 158 cm³/mol. The molecule has 4 aliphatic carbocycles. The fourth-order valence-electron chi connectivity index (χ4n) is 10.1. The van der Waals surface area contributed by atoms with Crippen molar-refractivity contribution in [2.75, 3.05) is 6.54 Å². The average molecular weight is 546 g/mol. The number of nitrogens with one attached hydrogen (secondary N) is 1. The Morgan fingerprint density at radius 1 is 1.05 bits per heavy atom. The van der Waals surface area contributed by atoms with E-state index >= 15 is 0 Å². The number of allylic oxidation sites excluding steroid dienone is 1. The van der Waals surface area contributed by atoms with E-state index in [1.165, 1.54) is 32.1 Å². The lowest BCUT2D eigenvalue weighted by Crippen LogP contribution is -2.57. The van der Waals surface area contributed by atoms with E-state index in [1.54, 1.807) is 5.57 Å². The number of hydrogen-bond donors (Lipinski definition) is 4. The number of aliphatic hydroxyl groups is 2. The highest BCUT2D eigenvalue weighted by Crippen LogP contribution is 2.67. The standard InChI is InChI=1S/C34H59NO4/c1-6-7-8-9-21-35-34(39,31(37)38)24(3)12-10-11-23(2)28-15-16-29-27-14-13-25-22-26(36)17-19-32(25,4)30(27)18-20-33(28,29)5/h13,23-24,26-30,35-36,39H,6-12,14-22H2,1-5H3,(H,37,38)/t23-,24?,26+,27+,28-,29+,30+,32+,33-,34?/m1/s1. The molecule has 0 spiro atoms. The average Bonchev–Trinajstić information content (AvgIpc) is 3.25. The molecule has 0 aromatic heterocycles. The van der Waals surface area contributed by atoms with Gasteiger partial charge in [-0.15, -0.1) is 0 Å². The number of aliphatic hydroxyl groups excluding tert-OH is 1. The summed E-state index contributed by atoms with van der Waals surface area (Å²) in [5.74, 6) is 2.26. The minimum Gasteiger partial charge on any atom is -0.478 e. The van der Waals surface area contributed by atoms with Crippen LogP contribution in [0.2, 0.25) is 0 Å². The molecule has 0 saturated heterocycles. The maximum Gasteiger partial charge on any atom is 0.351 e. The number of fused-ring (bicyclic) bond motifs is 5. The molecule has 0 amide bonds. The number of carboxylic acids is 1. The summed E-state index contributed by atoms with van der Waals surface area (Å²) in [6.07, 6.45) is 19.0. The van der Waals surface area contributed by atoms with E-state index < -0.39 is 11.7 Å². The Balaban J connectivity index is 1.32. The number of unbranched alkanes of at least 4 members (excludes halogenated alkanes) is 3. The Morgan fingerprint density at radius 2 is 1.82 bits per heavy atom. The second-order valence-corrected chi connectivity index (χ2v) is 14.8. The van der Waals surface area contributed by atoms with Gasteiger partial charge in [-0.3, -0.25) is 5.32 Å². The van der Waals surface area contributed by atoms with Crippen LogP contribution in [0.1, 0.15) is 131 Å². The summed E-state index contributed by atoms with van der Waals surface area (Å²) in [6, 6.07) is 0. The van der Waals surface area contributed by atoms with Crippen LogP contribution in [0.25, 0.3) is 0 Å². The molecular weight excluding hydrogens is 486 g/mol. The first-order valence-electron chi connectivity index (χ1n) is 16.6. The van der Waals surface area contributed by atoms with Gasteiger partial charge in [-0.05, 0) is 111 Å². The van der Waals surface area contributed by atoms with E-state index in [0.717, 1.165) is 87.9 Å². The molecule has 5 heteroatoms. The summed E-state index contributed by atoms with van der Waals surface area (Å²) in [5, 5.41) is 34.1. The molecule has 0 bridgehead atoms. The van der Waals surface area contributed by atoms with Gasteiger partial charge in [-0.25, -0.2) is 4.79 Å². The largest absolute Gasteiger partial charge is 0.478 e. The van der Waals surface area contributed by atoms with Crippen LogP contribution in [0.5, 0.6) is 0 Å². The third kappa shape index (κ3) is 6.02. The highest BCUT2D eigenvalue weighted by Gasteiger charge is 2.59. The molecule has 5 nitrogen and oxygen atoms in total. The van der Waals surface area contributed by atoms with Crippen LogP contribution in [0, 0.1) is 46.3 Å². The van der Waals surface area contributed by atoms with E-state index in [4.69, 9.17) is 0 Å². The van der Waals surface area contributed by atoms with Crippen molar-refractivity contribution in [3.05, 3.63) is 11.6 Å². The summed E-state index contributed by atoms with van der Waals surface area (Å²) >= 11 is 0. The second-order valence-electron chi connectivity index (χ2n) is 14.8. The van der Waals surface area contributed by atoms with Crippen molar-refractivity contribution in [2.24, 2.45) is 46.3 Å². The number of carboxylic acid groups (broad SMARTS) is 1. The Hall–Kier alpha value is -0.910. The molecule has 4 aliphatic rings. The maximum atomic E-state index is 12.0. The Labute approximate surface area is 238 Å². The van der Waals surface area contributed by atoms with Crippen molar-refractivity contribution < 1.29 is 20.1 Å². The first-order valence-corrected chi connectivity index (χ1v) is 16.6. The lowest BCUT2D eigenvalue weighted by Gasteiger charge is -2.58. The molecule has 3 fully saturated rings. The molecule has 4 N–H and O–H groups in total. The zero-order chi connectivity index (χ0) is 28.4. The fourth-order valence-corrected chi connectivity index (χ4v) is 10.1. The SMILES string of the molecule is CCCCCCNC(O)(C(=O)O)C(C)CCC[C@@H](C)[C@H]1CC[C@H]2[C@@H]3CC=C4C[C@@H](O)CC[C@]4(C)[C@H]3CC[C@]12C. The number of hydrogen-bond acceptors (Lipinski definition) is 4. The van der Waals surface area contributed by atoms with Crippen molar-refractivity contribution in [1.82, 2.24) is 5.32 Å². The Kier molecular flexibility index (Phi) is 9.97. The molecule has 39 heavy (non-hydrogen) atoms. The maximum absolute atomic E-state index is 12.0. The predicted octanol–water partition coefficient (Wildman–Crippen LogP) is 7.31. The minimum absolute atomic E-state index is 0.137. The van der Waals surface area contributed by atoms with Crippen LogP contribution in [0.4, 0.5) is 0 Å². The fraction of sp³-hybridized carbons (Fsp3) is 0.912. The molecule has 2 unspecified atom stereocenters. The topological polar surface area (TPSA) is 89.8 Å². The van der Waals surface area contributed by atoms with Gasteiger partial charge < -0.3 is 15.3 Å². The molecule has 3 saturated carbocycles. The first kappa shape index (κ1) is 31.0. The highest BCUT2D eigenvalue weighted by molar-refractivity contribution is 5.76. The lowest BCUT2D eigenvalue weighted by atomic mass is 9.47. The number of aliphatic carboxylic acids is 1. The van der Waals surface area contributed by atoms with E-state index in [2.05, 4.69) is 39.1 Å². The molecule has 4 rings (SSSR count). The van der Waals surface area contributed by atoms with Gasteiger partial charge in [-0.1, -0.05) is 78.4 Å². The van der Waals surface area contributed by atoms with Crippen molar-refractivity contribution in [3.8, 4) is 0 Å². The minimum atomic E-state index is -1.84. The number of carbonyl (C=O) groups is 1. The van der Waals surface area contributed by atoms with E-state index in [-0.39, 0.29) is 12.0 Å². The van der Waals surface area contributed by atoms with Gasteiger partial charge >= 0.3 is 5.97 Å².